The van der Waals surface area contributed by atoms with Crippen molar-refractivity contribution < 1.29 is 31.9 Å². The summed E-state index contributed by atoms with van der Waals surface area (Å²) in [5, 5.41) is 2.65. The number of halogens is 1. The molecule has 3 aromatic carbocycles. The molecule has 0 saturated carbocycles. The summed E-state index contributed by atoms with van der Waals surface area (Å²) in [5.41, 5.74) is 0.239. The van der Waals surface area contributed by atoms with Crippen molar-refractivity contribution in [3.8, 4) is 11.5 Å². The van der Waals surface area contributed by atoms with Crippen molar-refractivity contribution in [2.24, 2.45) is 0 Å². The molecule has 0 atom stereocenters. The van der Waals surface area contributed by atoms with Gasteiger partial charge in [0.1, 0.15) is 12.4 Å². The van der Waals surface area contributed by atoms with Crippen LogP contribution >= 0.6 is 0 Å². The predicted octanol–water partition coefficient (Wildman–Crippen LogP) is 4.30. The number of nitrogens with one attached hydrogen (secondary N) is 1. The van der Waals surface area contributed by atoms with Crippen LogP contribution in [0.5, 0.6) is 11.5 Å². The number of methoxy groups -OCH3 is 2. The van der Waals surface area contributed by atoms with Crippen LogP contribution in [0, 0.1) is 5.82 Å². The molecule has 11 heteroatoms. The maximum atomic E-state index is 14.9. The summed E-state index contributed by atoms with van der Waals surface area (Å²) in [6.45, 7) is 0.515. The van der Waals surface area contributed by atoms with Gasteiger partial charge in [-0.05, 0) is 55.7 Å². The van der Waals surface area contributed by atoms with Gasteiger partial charge >= 0.3 is 0 Å². The van der Waals surface area contributed by atoms with E-state index in [9.17, 15) is 22.4 Å². The Labute approximate surface area is 227 Å². The Kier molecular flexibility index (Phi) is 8.70. The van der Waals surface area contributed by atoms with Crippen LogP contribution in [0.3, 0.4) is 0 Å². The van der Waals surface area contributed by atoms with E-state index in [-0.39, 0.29) is 27.9 Å². The molecule has 39 heavy (non-hydrogen) atoms. The maximum absolute atomic E-state index is 14.9. The molecule has 0 bridgehead atoms. The van der Waals surface area contributed by atoms with E-state index >= 15 is 0 Å². The Hall–Kier alpha value is -4.12. The number of anilines is 2. The van der Waals surface area contributed by atoms with Crippen LogP contribution in [0.25, 0.3) is 0 Å². The molecule has 0 spiro atoms. The number of rotatable bonds is 9. The molecule has 1 fully saturated rings. The fourth-order valence-corrected chi connectivity index (χ4v) is 5.87. The summed E-state index contributed by atoms with van der Waals surface area (Å²) in [6, 6.07) is 15.8. The lowest BCUT2D eigenvalue weighted by molar-refractivity contribution is -0.114. The third kappa shape index (κ3) is 6.14. The average molecular weight is 556 g/mol. The SMILES string of the molecule is COc1ccc(S(=O)(=O)N(CC(=O)Nc2ccccc2C(=O)N2CCCCC2)c2ccccc2F)cc1OC. The van der Waals surface area contributed by atoms with Crippen LogP contribution < -0.4 is 19.1 Å². The van der Waals surface area contributed by atoms with Crippen LogP contribution in [0.1, 0.15) is 29.6 Å². The quantitative estimate of drug-likeness (QED) is 0.422. The summed E-state index contributed by atoms with van der Waals surface area (Å²) in [6.07, 6.45) is 2.88. The summed E-state index contributed by atoms with van der Waals surface area (Å²) in [4.78, 5) is 27.9. The van der Waals surface area contributed by atoms with E-state index in [0.29, 0.717) is 28.7 Å². The number of para-hydroxylation sites is 2. The van der Waals surface area contributed by atoms with Crippen molar-refractivity contribution in [1.29, 1.82) is 0 Å². The molecule has 2 amide bonds. The van der Waals surface area contributed by atoms with Gasteiger partial charge in [-0.25, -0.2) is 12.8 Å². The van der Waals surface area contributed by atoms with E-state index in [1.165, 1.54) is 50.6 Å². The molecule has 0 aromatic heterocycles. The van der Waals surface area contributed by atoms with Crippen LogP contribution in [0.2, 0.25) is 0 Å². The number of carbonyl (C=O) groups is 2. The monoisotopic (exact) mass is 555 g/mol. The smallest absolute Gasteiger partial charge is 0.265 e. The second kappa shape index (κ2) is 12.2. The molecule has 9 nitrogen and oxygen atoms in total. The number of ether oxygens (including phenoxy) is 2. The molecule has 1 heterocycles. The minimum absolute atomic E-state index is 0.154. The van der Waals surface area contributed by atoms with Crippen molar-refractivity contribution >= 4 is 33.2 Å². The standard InChI is InChI=1S/C28H30FN3O6S/c1-37-25-15-14-20(18-26(25)38-2)39(35,36)32(24-13-7-5-11-22(24)29)19-27(33)30-23-12-6-4-10-21(23)28(34)31-16-8-3-9-17-31/h4-7,10-15,18H,3,8-9,16-17,19H2,1-2H3,(H,30,33). The first-order chi connectivity index (χ1) is 18.8. The lowest BCUT2D eigenvalue weighted by atomic mass is 10.1. The number of hydrogen-bond donors (Lipinski definition) is 1. The Bertz CT molecular complexity index is 1460. The normalized spacial score (nSPS) is 13.5. The van der Waals surface area contributed by atoms with Gasteiger partial charge < -0.3 is 19.7 Å². The van der Waals surface area contributed by atoms with Crippen molar-refractivity contribution in [2.75, 3.05) is 43.5 Å². The molecule has 206 valence electrons. The fraction of sp³-hybridized carbons (Fsp3) is 0.286. The van der Waals surface area contributed by atoms with Gasteiger partial charge in [-0.15, -0.1) is 0 Å². The highest BCUT2D eigenvalue weighted by atomic mass is 32.2. The van der Waals surface area contributed by atoms with Gasteiger partial charge in [0, 0.05) is 19.2 Å². The highest BCUT2D eigenvalue weighted by Crippen LogP contribution is 2.33. The molecule has 1 N–H and O–H groups in total. The third-order valence-corrected chi connectivity index (χ3v) is 8.18. The van der Waals surface area contributed by atoms with E-state index in [0.717, 1.165) is 25.3 Å². The summed E-state index contributed by atoms with van der Waals surface area (Å²) < 4.78 is 53.5. The largest absolute Gasteiger partial charge is 0.493 e. The zero-order chi connectivity index (χ0) is 28.0. The topological polar surface area (TPSA) is 105 Å². The number of likely N-dealkylation sites (tertiary alicyclic amines) is 1. The molecular formula is C28H30FN3O6S. The number of nitrogens with zero attached hydrogens (tertiary/aromatic N) is 2. The van der Waals surface area contributed by atoms with E-state index in [4.69, 9.17) is 9.47 Å². The molecule has 1 aliphatic rings. The van der Waals surface area contributed by atoms with Crippen LogP contribution in [-0.4, -0.2) is 59.0 Å². The van der Waals surface area contributed by atoms with Crippen molar-refractivity contribution in [3.05, 3.63) is 78.1 Å². The molecule has 0 aliphatic carbocycles. The summed E-state index contributed by atoms with van der Waals surface area (Å²) in [5.74, 6) is -1.32. The highest BCUT2D eigenvalue weighted by molar-refractivity contribution is 7.92. The second-order valence-electron chi connectivity index (χ2n) is 8.93. The Morgan fingerprint density at radius 3 is 2.28 bits per heavy atom. The number of benzene rings is 3. The van der Waals surface area contributed by atoms with Gasteiger partial charge in [-0.1, -0.05) is 24.3 Å². The molecule has 0 radical (unpaired) electrons. The Morgan fingerprint density at radius 1 is 0.923 bits per heavy atom. The van der Waals surface area contributed by atoms with Gasteiger partial charge in [0.2, 0.25) is 5.91 Å². The molecule has 1 saturated heterocycles. The second-order valence-corrected chi connectivity index (χ2v) is 10.8. The van der Waals surface area contributed by atoms with E-state index < -0.39 is 28.3 Å². The van der Waals surface area contributed by atoms with Crippen LogP contribution in [0.4, 0.5) is 15.8 Å². The number of piperidine rings is 1. The number of hydrogen-bond acceptors (Lipinski definition) is 6. The van der Waals surface area contributed by atoms with E-state index in [1.54, 1.807) is 29.2 Å². The Balaban J connectivity index is 1.66. The molecule has 1 aliphatic heterocycles. The summed E-state index contributed by atoms with van der Waals surface area (Å²) in [7, 11) is -1.67. The van der Waals surface area contributed by atoms with Gasteiger partial charge in [0.15, 0.2) is 11.5 Å². The first-order valence-corrected chi connectivity index (χ1v) is 13.9. The van der Waals surface area contributed by atoms with Gasteiger partial charge in [-0.3, -0.25) is 13.9 Å². The first kappa shape index (κ1) is 27.9. The minimum Gasteiger partial charge on any atom is -0.493 e. The fourth-order valence-electron chi connectivity index (χ4n) is 4.42. The predicted molar refractivity (Wildman–Crippen MR) is 145 cm³/mol. The van der Waals surface area contributed by atoms with Crippen molar-refractivity contribution in [1.82, 2.24) is 4.90 Å². The van der Waals surface area contributed by atoms with Crippen LogP contribution in [0.15, 0.2) is 71.6 Å². The highest BCUT2D eigenvalue weighted by Gasteiger charge is 2.31. The van der Waals surface area contributed by atoms with Crippen molar-refractivity contribution in [3.63, 3.8) is 0 Å². The third-order valence-electron chi connectivity index (χ3n) is 6.43. The average Bonchev–Trinajstić information content (AvgIpc) is 2.96. The lowest BCUT2D eigenvalue weighted by Gasteiger charge is -2.28. The number of amides is 2. The number of carbonyl (C=O) groups excluding carboxylic acids is 2. The molecule has 0 unspecified atom stereocenters. The van der Waals surface area contributed by atoms with Gasteiger partial charge in [0.25, 0.3) is 15.9 Å². The van der Waals surface area contributed by atoms with Gasteiger partial charge in [-0.2, -0.15) is 0 Å². The summed E-state index contributed by atoms with van der Waals surface area (Å²) >= 11 is 0. The zero-order valence-electron chi connectivity index (χ0n) is 21.7. The first-order valence-electron chi connectivity index (χ1n) is 12.4. The molecule has 3 aromatic rings. The van der Waals surface area contributed by atoms with Crippen molar-refractivity contribution in [2.45, 2.75) is 24.2 Å². The lowest BCUT2D eigenvalue weighted by Crippen LogP contribution is -2.39. The van der Waals surface area contributed by atoms with E-state index in [1.807, 2.05) is 0 Å². The molecule has 4 rings (SSSR count). The zero-order valence-corrected chi connectivity index (χ0v) is 22.5. The minimum atomic E-state index is -4.44. The van der Waals surface area contributed by atoms with E-state index in [2.05, 4.69) is 5.32 Å². The van der Waals surface area contributed by atoms with Gasteiger partial charge in [0.05, 0.1) is 36.1 Å². The number of sulfonamides is 1. The molecular weight excluding hydrogens is 525 g/mol. The Morgan fingerprint density at radius 2 is 1.59 bits per heavy atom. The van der Waals surface area contributed by atoms with Crippen LogP contribution in [-0.2, 0) is 14.8 Å². The maximum Gasteiger partial charge on any atom is 0.265 e.